The van der Waals surface area contributed by atoms with Gasteiger partial charge in [-0.3, -0.25) is 4.79 Å². The van der Waals surface area contributed by atoms with Gasteiger partial charge in [0.25, 0.3) is 0 Å². The third-order valence-electron chi connectivity index (χ3n) is 2.47. The molecule has 1 nitrogen and oxygen atoms in total. The summed E-state index contributed by atoms with van der Waals surface area (Å²) in [7, 11) is 0. The summed E-state index contributed by atoms with van der Waals surface area (Å²) in [5.74, 6) is 1.06. The zero-order valence-corrected chi connectivity index (χ0v) is 8.97. The first-order valence-corrected chi connectivity index (χ1v) is 4.94. The van der Waals surface area contributed by atoms with Crippen molar-refractivity contribution >= 4 is 22.2 Å². The number of carbonyl (C=O) groups excluding carboxylic acids is 1. The highest BCUT2D eigenvalue weighted by atomic mass is 79.9. The molecule has 0 N–H and O–H groups in total. The van der Waals surface area contributed by atoms with Crippen LogP contribution in [0.25, 0.3) is 0 Å². The first kappa shape index (κ1) is 9.72. The lowest BCUT2D eigenvalue weighted by Gasteiger charge is -2.03. The van der Waals surface area contributed by atoms with Gasteiger partial charge in [0.15, 0.2) is 0 Å². The molecule has 66 valence electrons. The minimum Gasteiger partial charge on any atom is -0.299 e. The fraction of sp³-hybridized carbons (Fsp3) is 0.500. The number of hydrogen-bond acceptors (Lipinski definition) is 1. The Hall–Kier alpha value is -0.370. The summed E-state index contributed by atoms with van der Waals surface area (Å²) in [5.41, 5.74) is 1.41. The zero-order valence-electron chi connectivity index (χ0n) is 7.38. The Labute approximate surface area is 81.7 Å². The second-order valence-electron chi connectivity index (χ2n) is 3.30. The molecule has 0 amide bonds. The van der Waals surface area contributed by atoms with E-state index in [0.29, 0.717) is 11.8 Å². The first-order valence-electron chi connectivity index (χ1n) is 4.15. The van der Waals surface area contributed by atoms with Crippen molar-refractivity contribution in [3.05, 3.63) is 22.2 Å². The average molecular weight is 229 g/mol. The summed E-state index contributed by atoms with van der Waals surface area (Å²) in [6.07, 6.45) is 5.50. The second kappa shape index (κ2) is 4.04. The number of rotatable bonds is 2. The molecule has 0 saturated heterocycles. The van der Waals surface area contributed by atoms with Crippen molar-refractivity contribution in [2.24, 2.45) is 11.8 Å². The normalized spacial score (nSPS) is 30.2. The summed E-state index contributed by atoms with van der Waals surface area (Å²) in [4.78, 5) is 10.1. The molecule has 1 aliphatic rings. The van der Waals surface area contributed by atoms with Gasteiger partial charge in [0.1, 0.15) is 6.29 Å². The Kier molecular flexibility index (Phi) is 3.27. The van der Waals surface area contributed by atoms with Crippen molar-refractivity contribution in [2.75, 3.05) is 0 Å². The van der Waals surface area contributed by atoms with Gasteiger partial charge in [-0.25, -0.2) is 0 Å². The highest BCUT2D eigenvalue weighted by molar-refractivity contribution is 9.11. The maximum Gasteiger partial charge on any atom is 0.142 e. The van der Waals surface area contributed by atoms with Gasteiger partial charge >= 0.3 is 0 Å². The van der Waals surface area contributed by atoms with Crippen LogP contribution in [0.2, 0.25) is 0 Å². The summed E-state index contributed by atoms with van der Waals surface area (Å²) in [6.45, 7) is 4.36. The van der Waals surface area contributed by atoms with Crippen molar-refractivity contribution in [1.29, 1.82) is 0 Å². The van der Waals surface area contributed by atoms with Gasteiger partial charge in [-0.15, -0.1) is 0 Å². The highest BCUT2D eigenvalue weighted by Gasteiger charge is 2.24. The number of carbonyl (C=O) groups is 1. The van der Waals surface area contributed by atoms with E-state index in [2.05, 4.69) is 29.8 Å². The predicted molar refractivity (Wildman–Crippen MR) is 54.1 cm³/mol. The van der Waals surface area contributed by atoms with Crippen LogP contribution in [0.15, 0.2) is 22.2 Å². The van der Waals surface area contributed by atoms with Crippen LogP contribution >= 0.6 is 15.9 Å². The van der Waals surface area contributed by atoms with Gasteiger partial charge in [0, 0.05) is 10.4 Å². The molecular formula is C10H13BrO. The third kappa shape index (κ3) is 1.86. The van der Waals surface area contributed by atoms with Crippen molar-refractivity contribution in [3.8, 4) is 0 Å². The fourth-order valence-corrected chi connectivity index (χ4v) is 2.26. The lowest BCUT2D eigenvalue weighted by Crippen LogP contribution is -1.92. The Balaban J connectivity index is 2.73. The van der Waals surface area contributed by atoms with Crippen molar-refractivity contribution in [2.45, 2.75) is 20.3 Å². The Morgan fingerprint density at radius 1 is 1.58 bits per heavy atom. The van der Waals surface area contributed by atoms with E-state index in [0.717, 1.165) is 12.7 Å². The second-order valence-corrected chi connectivity index (χ2v) is 4.15. The molecule has 0 aromatic carbocycles. The van der Waals surface area contributed by atoms with Crippen LogP contribution in [0.4, 0.5) is 0 Å². The molecule has 0 heterocycles. The lowest BCUT2D eigenvalue weighted by molar-refractivity contribution is -0.104. The molecule has 0 aromatic heterocycles. The Bertz CT molecular complexity index is 240. The molecule has 0 aromatic rings. The molecule has 2 heteroatoms. The summed E-state index contributed by atoms with van der Waals surface area (Å²) in [5, 5.41) is 0. The third-order valence-corrected chi connectivity index (χ3v) is 3.68. The maximum atomic E-state index is 10.1. The molecule has 0 saturated carbocycles. The van der Waals surface area contributed by atoms with Gasteiger partial charge in [-0.2, -0.15) is 0 Å². The Morgan fingerprint density at radius 3 is 2.67 bits per heavy atom. The zero-order chi connectivity index (χ0) is 9.14. The van der Waals surface area contributed by atoms with Crippen molar-refractivity contribution < 1.29 is 4.79 Å². The smallest absolute Gasteiger partial charge is 0.142 e. The SMILES string of the molecule is CC1=C(Br)C(C=CC=O)CC1C. The van der Waals surface area contributed by atoms with Crippen LogP contribution in [0.3, 0.4) is 0 Å². The van der Waals surface area contributed by atoms with E-state index in [-0.39, 0.29) is 0 Å². The average Bonchev–Trinajstić information content (AvgIpc) is 2.30. The van der Waals surface area contributed by atoms with E-state index in [1.165, 1.54) is 10.1 Å². The fourth-order valence-electron chi connectivity index (χ4n) is 1.53. The Morgan fingerprint density at radius 2 is 2.25 bits per heavy atom. The number of halogens is 1. The molecule has 1 rings (SSSR count). The number of hydrogen-bond donors (Lipinski definition) is 0. The molecule has 12 heavy (non-hydrogen) atoms. The summed E-state index contributed by atoms with van der Waals surface area (Å²) >= 11 is 3.55. The molecule has 0 radical (unpaired) electrons. The molecule has 0 bridgehead atoms. The highest BCUT2D eigenvalue weighted by Crippen LogP contribution is 2.40. The first-order chi connectivity index (χ1) is 5.66. The molecule has 1 aliphatic carbocycles. The van der Waals surface area contributed by atoms with Gasteiger partial charge < -0.3 is 0 Å². The van der Waals surface area contributed by atoms with Crippen LogP contribution in [0.5, 0.6) is 0 Å². The number of allylic oxidation sites excluding steroid dienone is 4. The minimum atomic E-state index is 0.421. The van der Waals surface area contributed by atoms with Gasteiger partial charge in [0.05, 0.1) is 0 Å². The molecular weight excluding hydrogens is 216 g/mol. The van der Waals surface area contributed by atoms with Gasteiger partial charge in [-0.05, 0) is 25.3 Å². The van der Waals surface area contributed by atoms with Crippen LogP contribution in [-0.2, 0) is 4.79 Å². The van der Waals surface area contributed by atoms with Gasteiger partial charge in [0.2, 0.25) is 0 Å². The maximum absolute atomic E-state index is 10.1. The molecule has 0 spiro atoms. The van der Waals surface area contributed by atoms with Crippen LogP contribution in [0.1, 0.15) is 20.3 Å². The monoisotopic (exact) mass is 228 g/mol. The molecule has 0 fully saturated rings. The lowest BCUT2D eigenvalue weighted by atomic mass is 10.0. The van der Waals surface area contributed by atoms with Crippen LogP contribution < -0.4 is 0 Å². The van der Waals surface area contributed by atoms with E-state index in [1.54, 1.807) is 6.08 Å². The largest absolute Gasteiger partial charge is 0.299 e. The van der Waals surface area contributed by atoms with E-state index in [1.807, 2.05) is 6.08 Å². The minimum absolute atomic E-state index is 0.421. The quantitative estimate of drug-likeness (QED) is 0.525. The van der Waals surface area contributed by atoms with Crippen molar-refractivity contribution in [3.63, 3.8) is 0 Å². The number of aldehydes is 1. The van der Waals surface area contributed by atoms with Gasteiger partial charge in [-0.1, -0.05) is 34.5 Å². The topological polar surface area (TPSA) is 17.1 Å². The standard InChI is InChI=1S/C10H13BrO/c1-7-6-9(4-3-5-12)10(11)8(7)2/h3-5,7,9H,6H2,1-2H3. The summed E-state index contributed by atoms with van der Waals surface area (Å²) < 4.78 is 1.26. The van der Waals surface area contributed by atoms with Crippen molar-refractivity contribution in [1.82, 2.24) is 0 Å². The van der Waals surface area contributed by atoms with E-state index < -0.39 is 0 Å². The van der Waals surface area contributed by atoms with E-state index >= 15 is 0 Å². The molecule has 2 atom stereocenters. The van der Waals surface area contributed by atoms with E-state index in [4.69, 9.17) is 0 Å². The summed E-state index contributed by atoms with van der Waals surface area (Å²) in [6, 6.07) is 0. The van der Waals surface area contributed by atoms with Crippen LogP contribution in [0, 0.1) is 11.8 Å². The molecule has 2 unspecified atom stereocenters. The van der Waals surface area contributed by atoms with E-state index in [9.17, 15) is 4.79 Å². The predicted octanol–water partition coefficient (Wildman–Crippen LogP) is 3.07. The van der Waals surface area contributed by atoms with Crippen LogP contribution in [-0.4, -0.2) is 6.29 Å². The molecule has 0 aliphatic heterocycles.